The maximum atomic E-state index is 12.9. The number of alkyl halides is 3. The SMILES string of the molecule is COc1ccc(/C=C/C(=O)c2ccccc2OC)cc1COc1cccc(C(F)(F)F)c1. The molecule has 0 aliphatic heterocycles. The second kappa shape index (κ2) is 10.0. The maximum Gasteiger partial charge on any atom is 0.416 e. The summed E-state index contributed by atoms with van der Waals surface area (Å²) >= 11 is 0. The van der Waals surface area contributed by atoms with Gasteiger partial charge >= 0.3 is 6.18 Å². The Morgan fingerprint density at radius 2 is 1.66 bits per heavy atom. The van der Waals surface area contributed by atoms with Crippen LogP contribution in [0.25, 0.3) is 6.08 Å². The first-order chi connectivity index (χ1) is 15.3. The van der Waals surface area contributed by atoms with Crippen molar-refractivity contribution in [2.75, 3.05) is 14.2 Å². The number of hydrogen-bond donors (Lipinski definition) is 0. The lowest BCUT2D eigenvalue weighted by Gasteiger charge is -2.13. The number of benzene rings is 3. The fourth-order valence-corrected chi connectivity index (χ4v) is 3.05. The molecule has 0 saturated carbocycles. The molecule has 32 heavy (non-hydrogen) atoms. The fraction of sp³-hybridized carbons (Fsp3) is 0.160. The Balaban J connectivity index is 1.77. The molecule has 166 valence electrons. The molecule has 0 fully saturated rings. The summed E-state index contributed by atoms with van der Waals surface area (Å²) in [6, 6.07) is 16.8. The lowest BCUT2D eigenvalue weighted by molar-refractivity contribution is -0.137. The van der Waals surface area contributed by atoms with E-state index in [1.807, 2.05) is 0 Å². The number of allylic oxidation sites excluding steroid dienone is 1. The average Bonchev–Trinajstić information content (AvgIpc) is 2.80. The van der Waals surface area contributed by atoms with Crippen molar-refractivity contribution < 1.29 is 32.2 Å². The number of ketones is 1. The van der Waals surface area contributed by atoms with E-state index in [0.29, 0.717) is 28.2 Å². The zero-order valence-electron chi connectivity index (χ0n) is 17.5. The van der Waals surface area contributed by atoms with Crippen LogP contribution in [0.1, 0.15) is 27.0 Å². The Bertz CT molecular complexity index is 1120. The van der Waals surface area contributed by atoms with Crippen molar-refractivity contribution in [1.29, 1.82) is 0 Å². The third-order valence-electron chi connectivity index (χ3n) is 4.66. The Morgan fingerprint density at radius 1 is 0.906 bits per heavy atom. The number of carbonyl (C=O) groups excluding carboxylic acids is 1. The smallest absolute Gasteiger partial charge is 0.416 e. The molecule has 0 atom stereocenters. The molecule has 0 N–H and O–H groups in total. The largest absolute Gasteiger partial charge is 0.496 e. The van der Waals surface area contributed by atoms with Crippen LogP contribution >= 0.6 is 0 Å². The molecule has 0 amide bonds. The van der Waals surface area contributed by atoms with Gasteiger partial charge in [-0.15, -0.1) is 0 Å². The summed E-state index contributed by atoms with van der Waals surface area (Å²) in [4.78, 5) is 12.5. The van der Waals surface area contributed by atoms with Gasteiger partial charge in [-0.1, -0.05) is 30.3 Å². The standard InChI is InChI=1S/C25H21F3O4/c1-30-23-13-11-17(10-12-22(29)21-8-3-4-9-24(21)31-2)14-18(23)16-32-20-7-5-6-19(15-20)25(26,27)28/h3-15H,16H2,1-2H3/b12-10+. The van der Waals surface area contributed by atoms with Crippen LogP contribution in [0.4, 0.5) is 13.2 Å². The van der Waals surface area contributed by atoms with Gasteiger partial charge in [0.15, 0.2) is 5.78 Å². The molecule has 0 unspecified atom stereocenters. The molecule has 0 spiro atoms. The highest BCUT2D eigenvalue weighted by molar-refractivity contribution is 6.08. The van der Waals surface area contributed by atoms with Gasteiger partial charge in [0, 0.05) is 5.56 Å². The minimum Gasteiger partial charge on any atom is -0.496 e. The van der Waals surface area contributed by atoms with Gasteiger partial charge in [0.1, 0.15) is 23.9 Å². The number of ether oxygens (including phenoxy) is 3. The molecule has 0 heterocycles. The third-order valence-corrected chi connectivity index (χ3v) is 4.66. The van der Waals surface area contributed by atoms with Crippen LogP contribution < -0.4 is 14.2 Å². The van der Waals surface area contributed by atoms with Crippen molar-refractivity contribution in [2.45, 2.75) is 12.8 Å². The van der Waals surface area contributed by atoms with Gasteiger partial charge in [-0.2, -0.15) is 13.2 Å². The van der Waals surface area contributed by atoms with Crippen LogP contribution in [0.5, 0.6) is 17.2 Å². The first-order valence-electron chi connectivity index (χ1n) is 9.64. The summed E-state index contributed by atoms with van der Waals surface area (Å²) < 4.78 is 54.8. The minimum absolute atomic E-state index is 0.00732. The van der Waals surface area contributed by atoms with Crippen molar-refractivity contribution in [3.63, 3.8) is 0 Å². The van der Waals surface area contributed by atoms with Crippen LogP contribution in [-0.2, 0) is 12.8 Å². The number of methoxy groups -OCH3 is 2. The van der Waals surface area contributed by atoms with Gasteiger partial charge in [0.25, 0.3) is 0 Å². The molecule has 4 nitrogen and oxygen atoms in total. The lowest BCUT2D eigenvalue weighted by atomic mass is 10.1. The van der Waals surface area contributed by atoms with Gasteiger partial charge in [0.2, 0.25) is 0 Å². The van der Waals surface area contributed by atoms with Gasteiger partial charge in [-0.05, 0) is 54.1 Å². The van der Waals surface area contributed by atoms with E-state index in [0.717, 1.165) is 12.1 Å². The predicted octanol–water partition coefficient (Wildman–Crippen LogP) is 6.20. The molecule has 0 bridgehead atoms. The average molecular weight is 442 g/mol. The number of carbonyl (C=O) groups is 1. The van der Waals surface area contributed by atoms with Crippen LogP contribution in [0, 0.1) is 0 Å². The number of para-hydroxylation sites is 1. The van der Waals surface area contributed by atoms with Gasteiger partial charge in [-0.3, -0.25) is 4.79 Å². The maximum absolute atomic E-state index is 12.9. The summed E-state index contributed by atoms with van der Waals surface area (Å²) in [6.07, 6.45) is -1.38. The Morgan fingerprint density at radius 3 is 2.38 bits per heavy atom. The predicted molar refractivity (Wildman–Crippen MR) is 115 cm³/mol. The van der Waals surface area contributed by atoms with Crippen molar-refractivity contribution in [2.24, 2.45) is 0 Å². The molecular weight excluding hydrogens is 421 g/mol. The minimum atomic E-state index is -4.45. The third kappa shape index (κ3) is 5.69. The second-order valence-corrected chi connectivity index (χ2v) is 6.78. The topological polar surface area (TPSA) is 44.8 Å². The van der Waals surface area contributed by atoms with Crippen molar-refractivity contribution in [1.82, 2.24) is 0 Å². The molecular formula is C25H21F3O4. The first-order valence-corrected chi connectivity index (χ1v) is 9.64. The fourth-order valence-electron chi connectivity index (χ4n) is 3.05. The van der Waals surface area contributed by atoms with Gasteiger partial charge in [-0.25, -0.2) is 0 Å². The summed E-state index contributed by atoms with van der Waals surface area (Å²) in [6.45, 7) is -0.00732. The Labute approximate surface area is 183 Å². The molecule has 0 aliphatic rings. The highest BCUT2D eigenvalue weighted by Crippen LogP contribution is 2.32. The quantitative estimate of drug-likeness (QED) is 0.308. The molecule has 3 aromatic rings. The number of hydrogen-bond acceptors (Lipinski definition) is 4. The zero-order chi connectivity index (χ0) is 23.1. The van der Waals surface area contributed by atoms with Crippen LogP contribution in [0.15, 0.2) is 72.8 Å². The van der Waals surface area contributed by atoms with Crippen LogP contribution in [0.3, 0.4) is 0 Å². The van der Waals surface area contributed by atoms with E-state index in [-0.39, 0.29) is 18.1 Å². The van der Waals surface area contributed by atoms with Crippen LogP contribution in [0.2, 0.25) is 0 Å². The molecule has 3 aromatic carbocycles. The molecule has 0 radical (unpaired) electrons. The summed E-state index contributed by atoms with van der Waals surface area (Å²) in [5, 5.41) is 0. The van der Waals surface area contributed by atoms with Crippen molar-refractivity contribution >= 4 is 11.9 Å². The summed E-state index contributed by atoms with van der Waals surface area (Å²) in [5.74, 6) is 0.867. The summed E-state index contributed by atoms with van der Waals surface area (Å²) in [7, 11) is 2.99. The van der Waals surface area contributed by atoms with E-state index in [1.165, 1.54) is 32.4 Å². The molecule has 3 rings (SSSR count). The van der Waals surface area contributed by atoms with E-state index in [4.69, 9.17) is 14.2 Å². The summed E-state index contributed by atoms with van der Waals surface area (Å²) in [5.41, 5.74) is 0.981. The highest BCUT2D eigenvalue weighted by atomic mass is 19.4. The van der Waals surface area contributed by atoms with E-state index in [1.54, 1.807) is 48.5 Å². The highest BCUT2D eigenvalue weighted by Gasteiger charge is 2.30. The van der Waals surface area contributed by atoms with E-state index < -0.39 is 11.7 Å². The zero-order valence-corrected chi connectivity index (χ0v) is 17.5. The molecule has 0 aromatic heterocycles. The normalized spacial score (nSPS) is 11.4. The molecule has 7 heteroatoms. The van der Waals surface area contributed by atoms with Crippen LogP contribution in [-0.4, -0.2) is 20.0 Å². The lowest BCUT2D eigenvalue weighted by Crippen LogP contribution is -2.05. The van der Waals surface area contributed by atoms with E-state index >= 15 is 0 Å². The Kier molecular flexibility index (Phi) is 7.20. The van der Waals surface area contributed by atoms with Crippen molar-refractivity contribution in [3.8, 4) is 17.2 Å². The Hall–Kier alpha value is -3.74. The second-order valence-electron chi connectivity index (χ2n) is 6.78. The number of halogens is 3. The van der Waals surface area contributed by atoms with Gasteiger partial charge < -0.3 is 14.2 Å². The van der Waals surface area contributed by atoms with E-state index in [9.17, 15) is 18.0 Å². The van der Waals surface area contributed by atoms with E-state index in [2.05, 4.69) is 0 Å². The monoisotopic (exact) mass is 442 g/mol. The first kappa shape index (κ1) is 22.9. The van der Waals surface area contributed by atoms with Gasteiger partial charge in [0.05, 0.1) is 25.3 Å². The molecule has 0 saturated heterocycles. The number of rotatable bonds is 8. The van der Waals surface area contributed by atoms with Crippen molar-refractivity contribution in [3.05, 3.63) is 95.1 Å². The molecule has 0 aliphatic carbocycles.